The summed E-state index contributed by atoms with van der Waals surface area (Å²) in [5.74, 6) is -0.352. The van der Waals surface area contributed by atoms with Crippen LogP contribution in [0.15, 0.2) is 6.07 Å². The monoisotopic (exact) mass is 330 g/mol. The minimum Gasteiger partial charge on any atom is -0.351 e. The quantitative estimate of drug-likeness (QED) is 0.915. The number of halogens is 2. The van der Waals surface area contributed by atoms with Crippen LogP contribution in [0.4, 0.5) is 0 Å². The van der Waals surface area contributed by atoms with E-state index in [4.69, 9.17) is 23.2 Å². The molecule has 1 N–H and O–H groups in total. The van der Waals surface area contributed by atoms with Crippen LogP contribution in [0, 0.1) is 0 Å². The molecule has 1 saturated heterocycles. The van der Waals surface area contributed by atoms with Crippen LogP contribution in [-0.4, -0.2) is 46.5 Å². The first-order chi connectivity index (χ1) is 10.1. The number of carbonyl (C=O) groups is 2. The Kier molecular flexibility index (Phi) is 5.76. The number of rotatable bonds is 4. The molecule has 0 atom stereocenters. The fourth-order valence-corrected chi connectivity index (χ4v) is 2.52. The summed E-state index contributed by atoms with van der Waals surface area (Å²) in [5, 5.41) is 9.81. The van der Waals surface area contributed by atoms with E-state index in [1.807, 2.05) is 4.90 Å². The van der Waals surface area contributed by atoms with Crippen molar-refractivity contribution in [2.24, 2.45) is 0 Å². The van der Waals surface area contributed by atoms with Crippen molar-refractivity contribution >= 4 is 35.0 Å². The molecule has 1 aliphatic heterocycles. The minimum atomic E-state index is -0.414. The third-order valence-electron chi connectivity index (χ3n) is 3.30. The van der Waals surface area contributed by atoms with Gasteiger partial charge < -0.3 is 10.2 Å². The Morgan fingerprint density at radius 1 is 1.19 bits per heavy atom. The summed E-state index contributed by atoms with van der Waals surface area (Å²) in [5.41, 5.74) is 0.155. The van der Waals surface area contributed by atoms with Gasteiger partial charge >= 0.3 is 0 Å². The number of amides is 2. The number of nitrogens with one attached hydrogen (secondary N) is 1. The van der Waals surface area contributed by atoms with Crippen LogP contribution in [0.5, 0.6) is 0 Å². The molecule has 1 aromatic heterocycles. The number of likely N-dealkylation sites (tertiary alicyclic amines) is 1. The summed E-state index contributed by atoms with van der Waals surface area (Å²) in [6.07, 6.45) is 3.55. The van der Waals surface area contributed by atoms with Crippen LogP contribution in [0.2, 0.25) is 10.3 Å². The summed E-state index contributed by atoms with van der Waals surface area (Å²) in [4.78, 5) is 25.7. The second-order valence-electron chi connectivity index (χ2n) is 4.82. The van der Waals surface area contributed by atoms with Crippen LogP contribution in [-0.2, 0) is 4.79 Å². The Bertz CT molecular complexity index is 533. The van der Waals surface area contributed by atoms with Crippen LogP contribution in [0.3, 0.4) is 0 Å². The summed E-state index contributed by atoms with van der Waals surface area (Å²) >= 11 is 11.5. The van der Waals surface area contributed by atoms with E-state index >= 15 is 0 Å². The van der Waals surface area contributed by atoms with E-state index < -0.39 is 5.91 Å². The predicted molar refractivity (Wildman–Crippen MR) is 79.4 cm³/mol. The van der Waals surface area contributed by atoms with Gasteiger partial charge in [-0.15, -0.1) is 10.2 Å². The summed E-state index contributed by atoms with van der Waals surface area (Å²) in [7, 11) is 0. The third-order valence-corrected chi connectivity index (χ3v) is 3.76. The fourth-order valence-electron chi connectivity index (χ4n) is 2.19. The molecule has 1 fully saturated rings. The van der Waals surface area contributed by atoms with E-state index in [1.165, 1.54) is 12.5 Å². The van der Waals surface area contributed by atoms with Gasteiger partial charge in [0, 0.05) is 26.1 Å². The van der Waals surface area contributed by atoms with E-state index in [0.29, 0.717) is 0 Å². The Morgan fingerprint density at radius 2 is 1.90 bits per heavy atom. The topological polar surface area (TPSA) is 75.2 Å². The Hall–Kier alpha value is -1.40. The van der Waals surface area contributed by atoms with Gasteiger partial charge in [0.15, 0.2) is 10.3 Å². The third kappa shape index (κ3) is 4.54. The number of hydrogen-bond acceptors (Lipinski definition) is 4. The molecule has 1 aromatic rings. The number of carbonyl (C=O) groups excluding carboxylic acids is 2. The summed E-state index contributed by atoms with van der Waals surface area (Å²) in [6.45, 7) is 1.87. The Balaban J connectivity index is 1.81. The molecule has 6 nitrogen and oxygen atoms in total. The zero-order chi connectivity index (χ0) is 15.2. The van der Waals surface area contributed by atoms with Gasteiger partial charge in [-0.2, -0.15) is 0 Å². The van der Waals surface area contributed by atoms with Crippen molar-refractivity contribution in [1.82, 2.24) is 20.4 Å². The molecular formula is C13H16Cl2N4O2. The second kappa shape index (κ2) is 7.56. The van der Waals surface area contributed by atoms with Crippen molar-refractivity contribution in [1.29, 1.82) is 0 Å². The van der Waals surface area contributed by atoms with Crippen LogP contribution in [0.1, 0.15) is 36.0 Å². The zero-order valence-corrected chi connectivity index (χ0v) is 13.0. The summed E-state index contributed by atoms with van der Waals surface area (Å²) < 4.78 is 0. The van der Waals surface area contributed by atoms with Gasteiger partial charge in [-0.25, -0.2) is 0 Å². The maximum absolute atomic E-state index is 11.9. The molecular weight excluding hydrogens is 315 g/mol. The van der Waals surface area contributed by atoms with Gasteiger partial charge in [0.25, 0.3) is 5.91 Å². The average Bonchev–Trinajstić information content (AvgIpc) is 2.50. The van der Waals surface area contributed by atoms with E-state index in [2.05, 4.69) is 15.5 Å². The van der Waals surface area contributed by atoms with Gasteiger partial charge in [-0.1, -0.05) is 23.2 Å². The molecule has 0 unspecified atom stereocenters. The van der Waals surface area contributed by atoms with E-state index in [1.54, 1.807) is 0 Å². The van der Waals surface area contributed by atoms with Gasteiger partial charge in [0.1, 0.15) is 0 Å². The zero-order valence-electron chi connectivity index (χ0n) is 11.4. The maximum Gasteiger partial charge on any atom is 0.254 e. The predicted octanol–water partition coefficient (Wildman–Crippen LogP) is 1.92. The van der Waals surface area contributed by atoms with E-state index in [0.717, 1.165) is 25.9 Å². The maximum atomic E-state index is 11.9. The Labute approximate surface area is 132 Å². The van der Waals surface area contributed by atoms with Crippen molar-refractivity contribution in [3.8, 4) is 0 Å². The Morgan fingerprint density at radius 3 is 2.62 bits per heavy atom. The number of piperidine rings is 1. The van der Waals surface area contributed by atoms with Crippen LogP contribution in [0.25, 0.3) is 0 Å². The van der Waals surface area contributed by atoms with Crippen molar-refractivity contribution < 1.29 is 9.59 Å². The van der Waals surface area contributed by atoms with Gasteiger partial charge in [0.05, 0.1) is 5.56 Å². The highest BCUT2D eigenvalue weighted by molar-refractivity contribution is 6.34. The number of nitrogens with zero attached hydrogens (tertiary/aromatic N) is 3. The number of aromatic nitrogens is 2. The molecule has 21 heavy (non-hydrogen) atoms. The first-order valence-electron chi connectivity index (χ1n) is 6.82. The smallest absolute Gasteiger partial charge is 0.254 e. The van der Waals surface area contributed by atoms with Crippen LogP contribution >= 0.6 is 23.2 Å². The highest BCUT2D eigenvalue weighted by atomic mass is 35.5. The standard InChI is InChI=1S/C13H16Cl2N4O2/c14-10-8-9(12(15)18-17-10)13(21)16-5-4-11(20)19-6-2-1-3-7-19/h8H,1-7H2,(H,16,21). The molecule has 8 heteroatoms. The largest absolute Gasteiger partial charge is 0.351 e. The van der Waals surface area contributed by atoms with Crippen molar-refractivity contribution in [2.45, 2.75) is 25.7 Å². The molecule has 0 spiro atoms. The van der Waals surface area contributed by atoms with E-state index in [9.17, 15) is 9.59 Å². The molecule has 0 radical (unpaired) electrons. The van der Waals surface area contributed by atoms with Crippen molar-refractivity contribution in [3.63, 3.8) is 0 Å². The molecule has 0 saturated carbocycles. The van der Waals surface area contributed by atoms with E-state index in [-0.39, 0.29) is 34.7 Å². The van der Waals surface area contributed by atoms with Crippen molar-refractivity contribution in [2.75, 3.05) is 19.6 Å². The van der Waals surface area contributed by atoms with Gasteiger partial charge in [0.2, 0.25) is 5.91 Å². The average molecular weight is 331 g/mol. The lowest BCUT2D eigenvalue weighted by Gasteiger charge is -2.26. The second-order valence-corrected chi connectivity index (χ2v) is 5.56. The molecule has 2 amide bonds. The fraction of sp³-hybridized carbons (Fsp3) is 0.538. The van der Waals surface area contributed by atoms with Crippen LogP contribution < -0.4 is 5.32 Å². The number of hydrogen-bond donors (Lipinski definition) is 1. The summed E-state index contributed by atoms with van der Waals surface area (Å²) in [6, 6.07) is 1.35. The highest BCUT2D eigenvalue weighted by Gasteiger charge is 2.17. The SMILES string of the molecule is O=C(NCCC(=O)N1CCCCC1)c1cc(Cl)nnc1Cl. The lowest BCUT2D eigenvalue weighted by Crippen LogP contribution is -2.37. The highest BCUT2D eigenvalue weighted by Crippen LogP contribution is 2.15. The van der Waals surface area contributed by atoms with Gasteiger partial charge in [-0.05, 0) is 25.3 Å². The normalized spacial score (nSPS) is 14.9. The molecule has 2 rings (SSSR count). The first kappa shape index (κ1) is 16.0. The molecule has 0 bridgehead atoms. The van der Waals surface area contributed by atoms with Crippen molar-refractivity contribution in [3.05, 3.63) is 21.9 Å². The molecule has 0 aliphatic carbocycles. The molecule has 114 valence electrons. The lowest BCUT2D eigenvalue weighted by atomic mass is 10.1. The van der Waals surface area contributed by atoms with Gasteiger partial charge in [-0.3, -0.25) is 9.59 Å². The molecule has 0 aromatic carbocycles. The first-order valence-corrected chi connectivity index (χ1v) is 7.58. The molecule has 1 aliphatic rings. The minimum absolute atomic E-state index is 0.0146. The molecule has 2 heterocycles. The lowest BCUT2D eigenvalue weighted by molar-refractivity contribution is -0.131.